The molecule has 1 aromatic rings. The highest BCUT2D eigenvalue weighted by Crippen LogP contribution is 2.47. The quantitative estimate of drug-likeness (QED) is 0.526. The van der Waals surface area contributed by atoms with Crippen molar-refractivity contribution < 1.29 is 13.9 Å². The molecule has 1 aromatic heterocycles. The van der Waals surface area contributed by atoms with Crippen LogP contribution in [0.1, 0.15) is 43.9 Å². The van der Waals surface area contributed by atoms with Crippen LogP contribution in [0.2, 0.25) is 0 Å². The smallest absolute Gasteiger partial charge is 0.308 e. The lowest BCUT2D eigenvalue weighted by molar-refractivity contribution is -0.150. The maximum atomic E-state index is 15.2. The van der Waals surface area contributed by atoms with Crippen LogP contribution in [0.3, 0.4) is 0 Å². The summed E-state index contributed by atoms with van der Waals surface area (Å²) in [6, 6.07) is 4.46. The van der Waals surface area contributed by atoms with E-state index in [2.05, 4.69) is 46.3 Å². The molecule has 6 nitrogen and oxygen atoms in total. The maximum absolute atomic E-state index is 15.2. The van der Waals surface area contributed by atoms with Crippen molar-refractivity contribution in [3.63, 3.8) is 0 Å². The summed E-state index contributed by atoms with van der Waals surface area (Å²) in [5.74, 6) is 0.126. The number of allylic oxidation sites excluding steroid dienone is 1. The molecule has 0 radical (unpaired) electrons. The van der Waals surface area contributed by atoms with Gasteiger partial charge in [-0.25, -0.2) is 4.39 Å². The summed E-state index contributed by atoms with van der Waals surface area (Å²) >= 11 is 0. The third-order valence-electron chi connectivity index (χ3n) is 8.69. The van der Waals surface area contributed by atoms with Crippen molar-refractivity contribution in [2.45, 2.75) is 50.7 Å². The predicted octanol–water partition coefficient (Wildman–Crippen LogP) is 3.90. The van der Waals surface area contributed by atoms with E-state index >= 15 is 4.39 Å². The molecule has 0 saturated heterocycles. The molecule has 6 rings (SSSR count). The molecule has 1 saturated carbocycles. The van der Waals surface area contributed by atoms with Crippen molar-refractivity contribution in [1.82, 2.24) is 20.1 Å². The largest absolute Gasteiger partial charge is 0.469 e. The molecule has 35 heavy (non-hydrogen) atoms. The fraction of sp³-hybridized carbons (Fsp3) is 0.500. The summed E-state index contributed by atoms with van der Waals surface area (Å²) in [4.78, 5) is 21.2. The summed E-state index contributed by atoms with van der Waals surface area (Å²) in [6.45, 7) is 4.16. The van der Waals surface area contributed by atoms with Crippen molar-refractivity contribution in [1.29, 1.82) is 0 Å². The Bertz CT molecular complexity index is 1180. The number of halogens is 1. The molecule has 3 aliphatic heterocycles. The Hall–Kier alpha value is -2.93. The molecule has 0 spiro atoms. The van der Waals surface area contributed by atoms with Crippen molar-refractivity contribution >= 4 is 17.5 Å². The molecule has 1 fully saturated rings. The van der Waals surface area contributed by atoms with E-state index in [-0.39, 0.29) is 29.8 Å². The first kappa shape index (κ1) is 22.5. The van der Waals surface area contributed by atoms with Gasteiger partial charge in [-0.15, -0.1) is 0 Å². The number of nitrogens with zero attached hydrogens (tertiary/aromatic N) is 3. The normalized spacial score (nSPS) is 31.8. The highest BCUT2D eigenvalue weighted by molar-refractivity contribution is 5.85. The molecule has 2 unspecified atom stereocenters. The summed E-state index contributed by atoms with van der Waals surface area (Å²) in [5.41, 5.74) is 5.79. The number of ether oxygens (including phenoxy) is 1. The number of esters is 1. The van der Waals surface area contributed by atoms with Crippen LogP contribution in [0.15, 0.2) is 53.4 Å². The Kier molecular flexibility index (Phi) is 5.55. The third kappa shape index (κ3) is 3.54. The minimum absolute atomic E-state index is 0.0571. The lowest BCUT2D eigenvalue weighted by Crippen LogP contribution is -2.53. The monoisotopic (exact) mass is 476 g/mol. The molecule has 0 amide bonds. The van der Waals surface area contributed by atoms with Crippen LogP contribution in [0.4, 0.5) is 4.39 Å². The van der Waals surface area contributed by atoms with Gasteiger partial charge in [0.15, 0.2) is 0 Å². The number of aromatic nitrogens is 1. The molecular weight excluding hydrogens is 443 g/mol. The van der Waals surface area contributed by atoms with Gasteiger partial charge in [0.1, 0.15) is 5.83 Å². The number of rotatable bonds is 4. The molecule has 3 atom stereocenters. The first-order valence-corrected chi connectivity index (χ1v) is 12.8. The van der Waals surface area contributed by atoms with Gasteiger partial charge >= 0.3 is 5.97 Å². The number of nitrogens with one attached hydrogen (secondary N) is 1. The number of likely N-dealkylation sites (N-methyl/N-ethyl adjacent to an activating group) is 1. The molecule has 2 aliphatic carbocycles. The van der Waals surface area contributed by atoms with Gasteiger partial charge in [-0.3, -0.25) is 14.7 Å². The van der Waals surface area contributed by atoms with Crippen LogP contribution in [-0.4, -0.2) is 66.1 Å². The number of hydrogen-bond acceptors (Lipinski definition) is 6. The fourth-order valence-corrected chi connectivity index (χ4v) is 6.78. The number of fused-ring (bicyclic) bond motifs is 2. The Morgan fingerprint density at radius 1 is 1.34 bits per heavy atom. The van der Waals surface area contributed by atoms with Crippen LogP contribution in [-0.2, 0) is 9.53 Å². The van der Waals surface area contributed by atoms with Gasteiger partial charge in [-0.05, 0) is 49.5 Å². The van der Waals surface area contributed by atoms with Crippen LogP contribution >= 0.6 is 0 Å². The lowest BCUT2D eigenvalue weighted by Gasteiger charge is -2.46. The summed E-state index contributed by atoms with van der Waals surface area (Å²) in [6.07, 6.45) is 11.7. The minimum Gasteiger partial charge on any atom is -0.469 e. The number of carbonyl (C=O) groups is 1. The van der Waals surface area contributed by atoms with Crippen LogP contribution in [0, 0.1) is 11.8 Å². The summed E-state index contributed by atoms with van der Waals surface area (Å²) in [7, 11) is 3.58. The van der Waals surface area contributed by atoms with E-state index in [0.717, 1.165) is 50.0 Å². The van der Waals surface area contributed by atoms with E-state index in [4.69, 9.17) is 4.74 Å². The standard InChI is InChI=1S/C28H33FN4O2/c1-4-20-24(16-7-10-33(11-8-16)19-12-17(13-19)28(34)35-3)31-26-23-18(15-32(2)27(20)23)14-22(29)21-6-5-9-30-25(21)26/h5-7,9,14-15,17,19-20,24,27,31H,4,8,10-13H2,1-3H3/t17?,19?,20?,24-,27?/m1/s1. The van der Waals surface area contributed by atoms with Gasteiger partial charge in [0.2, 0.25) is 0 Å². The van der Waals surface area contributed by atoms with E-state index in [9.17, 15) is 4.79 Å². The van der Waals surface area contributed by atoms with E-state index < -0.39 is 0 Å². The lowest BCUT2D eigenvalue weighted by atomic mass is 9.75. The predicted molar refractivity (Wildman–Crippen MR) is 133 cm³/mol. The topological polar surface area (TPSA) is 57.7 Å². The Morgan fingerprint density at radius 3 is 2.89 bits per heavy atom. The molecule has 1 N–H and O–H groups in total. The zero-order chi connectivity index (χ0) is 24.3. The van der Waals surface area contributed by atoms with E-state index in [1.165, 1.54) is 18.3 Å². The van der Waals surface area contributed by atoms with Gasteiger partial charge in [0, 0.05) is 61.2 Å². The van der Waals surface area contributed by atoms with Gasteiger partial charge in [0.25, 0.3) is 0 Å². The average molecular weight is 477 g/mol. The second-order valence-electron chi connectivity index (χ2n) is 10.4. The third-order valence-corrected chi connectivity index (χ3v) is 8.69. The van der Waals surface area contributed by atoms with Crippen molar-refractivity contribution in [3.05, 3.63) is 64.7 Å². The molecule has 4 heterocycles. The van der Waals surface area contributed by atoms with Gasteiger partial charge in [-0.2, -0.15) is 0 Å². The van der Waals surface area contributed by atoms with Crippen LogP contribution < -0.4 is 5.32 Å². The zero-order valence-electron chi connectivity index (χ0n) is 20.6. The van der Waals surface area contributed by atoms with Gasteiger partial charge < -0.3 is 15.0 Å². The van der Waals surface area contributed by atoms with Crippen LogP contribution in [0.25, 0.3) is 11.5 Å². The first-order chi connectivity index (χ1) is 17.0. The summed E-state index contributed by atoms with van der Waals surface area (Å²) in [5, 5.41) is 3.87. The molecule has 7 heteroatoms. The molecule has 0 bridgehead atoms. The average Bonchev–Trinajstić information content (AvgIpc) is 3.12. The zero-order valence-corrected chi connectivity index (χ0v) is 20.6. The SMILES string of the molecule is CCC1C2C3=C(N[C@@H]1C1=CCN(C4CC(C(=O)OC)C4)CC1)c1ncccc1C(F)=CC3=CN2C. The Labute approximate surface area is 206 Å². The van der Waals surface area contributed by atoms with Gasteiger partial charge in [-0.1, -0.05) is 13.0 Å². The number of pyridine rings is 1. The Morgan fingerprint density at radius 2 is 2.17 bits per heavy atom. The minimum atomic E-state index is -0.229. The van der Waals surface area contributed by atoms with E-state index in [1.54, 1.807) is 18.3 Å². The fourth-order valence-electron chi connectivity index (χ4n) is 6.78. The molecular formula is C28H33FN4O2. The maximum Gasteiger partial charge on any atom is 0.308 e. The van der Waals surface area contributed by atoms with E-state index in [1.807, 2.05) is 6.07 Å². The highest BCUT2D eigenvalue weighted by atomic mass is 19.1. The highest BCUT2D eigenvalue weighted by Gasteiger charge is 2.46. The first-order valence-electron chi connectivity index (χ1n) is 12.8. The second kappa shape index (κ2) is 8.63. The van der Waals surface area contributed by atoms with Gasteiger partial charge in [0.05, 0.1) is 36.5 Å². The van der Waals surface area contributed by atoms with Crippen LogP contribution in [0.5, 0.6) is 0 Å². The number of hydrogen-bond donors (Lipinski definition) is 1. The number of methoxy groups -OCH3 is 1. The molecule has 0 aromatic carbocycles. The summed E-state index contributed by atoms with van der Waals surface area (Å²) < 4.78 is 20.1. The molecule has 5 aliphatic rings. The van der Waals surface area contributed by atoms with Crippen molar-refractivity contribution in [3.8, 4) is 0 Å². The molecule has 184 valence electrons. The Balaban J connectivity index is 1.29. The van der Waals surface area contributed by atoms with Crippen molar-refractivity contribution in [2.24, 2.45) is 11.8 Å². The number of carbonyl (C=O) groups excluding carboxylic acids is 1. The second-order valence-corrected chi connectivity index (χ2v) is 10.4. The van der Waals surface area contributed by atoms with E-state index in [0.29, 0.717) is 23.2 Å². The van der Waals surface area contributed by atoms with Crippen molar-refractivity contribution in [2.75, 3.05) is 27.2 Å².